The van der Waals surface area contributed by atoms with Gasteiger partial charge in [0.05, 0.1) is 0 Å². The molecule has 4 nitrogen and oxygen atoms in total. The second-order valence-electron chi connectivity index (χ2n) is 6.83. The topological polar surface area (TPSA) is 56.7 Å². The van der Waals surface area contributed by atoms with Crippen molar-refractivity contribution in [2.24, 2.45) is 23.0 Å². The minimum atomic E-state index is 0.249. The van der Waals surface area contributed by atoms with E-state index in [-0.39, 0.29) is 5.41 Å². The summed E-state index contributed by atoms with van der Waals surface area (Å²) in [6.45, 7) is 8.50. The standard InChI is InChI=1S/C15H28N4/c1-12(2)9-19-14(17-11-18-19)8-15(10-16)6-4-5-13(3)7-15/h11-13H,4-10,16H2,1-3H3. The van der Waals surface area contributed by atoms with E-state index in [2.05, 4.69) is 35.5 Å². The molecule has 0 radical (unpaired) electrons. The fraction of sp³-hybridized carbons (Fsp3) is 0.867. The molecule has 2 rings (SSSR count). The van der Waals surface area contributed by atoms with E-state index < -0.39 is 0 Å². The van der Waals surface area contributed by atoms with Crippen molar-refractivity contribution < 1.29 is 0 Å². The van der Waals surface area contributed by atoms with Gasteiger partial charge in [0, 0.05) is 13.0 Å². The van der Waals surface area contributed by atoms with Crippen LogP contribution in [0.15, 0.2) is 6.33 Å². The predicted octanol–water partition coefficient (Wildman–Crippen LogP) is 2.63. The predicted molar refractivity (Wildman–Crippen MR) is 77.7 cm³/mol. The van der Waals surface area contributed by atoms with E-state index in [1.807, 2.05) is 0 Å². The number of rotatable bonds is 5. The molecule has 4 heteroatoms. The molecule has 1 heterocycles. The Kier molecular flexibility index (Phi) is 4.61. The Hall–Kier alpha value is -0.900. The quantitative estimate of drug-likeness (QED) is 0.889. The third-order valence-electron chi connectivity index (χ3n) is 4.39. The van der Waals surface area contributed by atoms with Crippen molar-refractivity contribution in [2.75, 3.05) is 6.54 Å². The van der Waals surface area contributed by atoms with Crippen molar-refractivity contribution >= 4 is 0 Å². The summed E-state index contributed by atoms with van der Waals surface area (Å²) in [4.78, 5) is 4.48. The van der Waals surface area contributed by atoms with E-state index in [1.165, 1.54) is 25.7 Å². The zero-order valence-electron chi connectivity index (χ0n) is 12.6. The van der Waals surface area contributed by atoms with Crippen LogP contribution in [0.3, 0.4) is 0 Å². The SMILES string of the molecule is CC(C)Cn1ncnc1CC1(CN)CCCC(C)C1. The largest absolute Gasteiger partial charge is 0.330 e. The molecule has 0 spiro atoms. The van der Waals surface area contributed by atoms with Crippen molar-refractivity contribution in [3.63, 3.8) is 0 Å². The lowest BCUT2D eigenvalue weighted by molar-refractivity contribution is 0.148. The molecule has 0 bridgehead atoms. The number of aromatic nitrogens is 3. The number of hydrogen-bond donors (Lipinski definition) is 1. The maximum Gasteiger partial charge on any atom is 0.138 e. The third-order valence-corrected chi connectivity index (χ3v) is 4.39. The number of hydrogen-bond acceptors (Lipinski definition) is 3. The van der Waals surface area contributed by atoms with Crippen LogP contribution in [0.1, 0.15) is 52.3 Å². The Morgan fingerprint density at radius 1 is 1.53 bits per heavy atom. The first-order valence-electron chi connectivity index (χ1n) is 7.61. The number of nitrogens with zero attached hydrogens (tertiary/aromatic N) is 3. The molecule has 0 amide bonds. The Labute approximate surface area is 116 Å². The molecule has 2 unspecified atom stereocenters. The van der Waals surface area contributed by atoms with E-state index in [0.29, 0.717) is 5.92 Å². The van der Waals surface area contributed by atoms with Crippen molar-refractivity contribution in [2.45, 2.75) is 59.4 Å². The molecule has 0 saturated heterocycles. The molecule has 19 heavy (non-hydrogen) atoms. The van der Waals surface area contributed by atoms with E-state index in [4.69, 9.17) is 5.73 Å². The van der Waals surface area contributed by atoms with Gasteiger partial charge in [0.15, 0.2) is 0 Å². The van der Waals surface area contributed by atoms with Gasteiger partial charge in [0.1, 0.15) is 12.2 Å². The molecule has 1 aliphatic carbocycles. The van der Waals surface area contributed by atoms with E-state index >= 15 is 0 Å². The van der Waals surface area contributed by atoms with Crippen LogP contribution in [0.5, 0.6) is 0 Å². The summed E-state index contributed by atoms with van der Waals surface area (Å²) in [7, 11) is 0. The van der Waals surface area contributed by atoms with Gasteiger partial charge in [-0.15, -0.1) is 0 Å². The summed E-state index contributed by atoms with van der Waals surface area (Å²) in [5.74, 6) is 2.51. The van der Waals surface area contributed by atoms with Gasteiger partial charge in [-0.3, -0.25) is 0 Å². The maximum absolute atomic E-state index is 6.11. The maximum atomic E-state index is 6.11. The second kappa shape index (κ2) is 6.04. The zero-order chi connectivity index (χ0) is 13.9. The normalized spacial score (nSPS) is 27.9. The molecule has 1 aromatic rings. The van der Waals surface area contributed by atoms with E-state index in [0.717, 1.165) is 31.3 Å². The summed E-state index contributed by atoms with van der Waals surface area (Å²) in [6.07, 6.45) is 7.80. The van der Waals surface area contributed by atoms with Gasteiger partial charge in [-0.05, 0) is 36.6 Å². The molecule has 1 fully saturated rings. The lowest BCUT2D eigenvalue weighted by atomic mass is 9.68. The lowest BCUT2D eigenvalue weighted by Gasteiger charge is -2.39. The van der Waals surface area contributed by atoms with Crippen LogP contribution in [0.25, 0.3) is 0 Å². The molecule has 108 valence electrons. The van der Waals surface area contributed by atoms with Gasteiger partial charge in [0.25, 0.3) is 0 Å². The van der Waals surface area contributed by atoms with Crippen LogP contribution < -0.4 is 5.73 Å². The van der Waals surface area contributed by atoms with Crippen LogP contribution in [0.4, 0.5) is 0 Å². The van der Waals surface area contributed by atoms with Gasteiger partial charge >= 0.3 is 0 Å². The monoisotopic (exact) mass is 264 g/mol. The Balaban J connectivity index is 2.11. The first kappa shape index (κ1) is 14.5. The van der Waals surface area contributed by atoms with Crippen LogP contribution >= 0.6 is 0 Å². The summed E-state index contributed by atoms with van der Waals surface area (Å²) < 4.78 is 2.07. The lowest BCUT2D eigenvalue weighted by Crippen LogP contribution is -2.38. The minimum Gasteiger partial charge on any atom is -0.330 e. The van der Waals surface area contributed by atoms with Crippen LogP contribution in [0, 0.1) is 17.3 Å². The van der Waals surface area contributed by atoms with Gasteiger partial charge in [0.2, 0.25) is 0 Å². The molecule has 1 aromatic heterocycles. The van der Waals surface area contributed by atoms with Gasteiger partial charge in [-0.25, -0.2) is 9.67 Å². The fourth-order valence-electron chi connectivity index (χ4n) is 3.45. The van der Waals surface area contributed by atoms with E-state index in [9.17, 15) is 0 Å². The molecule has 0 aromatic carbocycles. The average Bonchev–Trinajstić information content (AvgIpc) is 2.75. The van der Waals surface area contributed by atoms with Crippen LogP contribution in [0.2, 0.25) is 0 Å². The van der Waals surface area contributed by atoms with Gasteiger partial charge < -0.3 is 5.73 Å². The van der Waals surface area contributed by atoms with Crippen LogP contribution in [-0.4, -0.2) is 21.3 Å². The summed E-state index contributed by atoms with van der Waals surface area (Å²) >= 11 is 0. The zero-order valence-corrected chi connectivity index (χ0v) is 12.6. The highest BCUT2D eigenvalue weighted by atomic mass is 15.3. The summed E-state index contributed by atoms with van der Waals surface area (Å²) in [5.41, 5.74) is 6.36. The second-order valence-corrected chi connectivity index (χ2v) is 6.83. The Bertz CT molecular complexity index is 399. The molecule has 2 N–H and O–H groups in total. The molecule has 1 saturated carbocycles. The van der Waals surface area contributed by atoms with Crippen molar-refractivity contribution in [1.82, 2.24) is 14.8 Å². The van der Waals surface area contributed by atoms with Crippen LogP contribution in [-0.2, 0) is 13.0 Å². The fourth-order valence-corrected chi connectivity index (χ4v) is 3.45. The smallest absolute Gasteiger partial charge is 0.138 e. The third kappa shape index (κ3) is 3.56. The van der Waals surface area contributed by atoms with Gasteiger partial charge in [-0.2, -0.15) is 5.10 Å². The molecule has 1 aliphatic rings. The van der Waals surface area contributed by atoms with Crippen molar-refractivity contribution in [3.8, 4) is 0 Å². The summed E-state index contributed by atoms with van der Waals surface area (Å²) in [5, 5.41) is 4.37. The molecular weight excluding hydrogens is 236 g/mol. The first-order valence-corrected chi connectivity index (χ1v) is 7.61. The van der Waals surface area contributed by atoms with Crippen molar-refractivity contribution in [1.29, 1.82) is 0 Å². The Morgan fingerprint density at radius 3 is 2.95 bits per heavy atom. The first-order chi connectivity index (χ1) is 9.04. The highest BCUT2D eigenvalue weighted by Crippen LogP contribution is 2.40. The Morgan fingerprint density at radius 2 is 2.32 bits per heavy atom. The molecular formula is C15H28N4. The van der Waals surface area contributed by atoms with Crippen molar-refractivity contribution in [3.05, 3.63) is 12.2 Å². The highest BCUT2D eigenvalue weighted by molar-refractivity contribution is 4.97. The molecule has 0 aliphatic heterocycles. The highest BCUT2D eigenvalue weighted by Gasteiger charge is 2.35. The average molecular weight is 264 g/mol. The number of nitrogens with two attached hydrogens (primary N) is 1. The minimum absolute atomic E-state index is 0.249. The summed E-state index contributed by atoms with van der Waals surface area (Å²) in [6, 6.07) is 0. The van der Waals surface area contributed by atoms with E-state index in [1.54, 1.807) is 6.33 Å². The van der Waals surface area contributed by atoms with Gasteiger partial charge in [-0.1, -0.05) is 33.6 Å². The molecule has 2 atom stereocenters.